The van der Waals surface area contributed by atoms with Crippen LogP contribution in [0.3, 0.4) is 0 Å². The molecular weight excluding hydrogens is 579 g/mol. The molecule has 1 saturated carbocycles. The van der Waals surface area contributed by atoms with E-state index < -0.39 is 0 Å². The number of fused-ring (bicyclic) bond motifs is 4. The summed E-state index contributed by atoms with van der Waals surface area (Å²) in [4.78, 5) is 21.1. The minimum atomic E-state index is -0.333. The van der Waals surface area contributed by atoms with Crippen LogP contribution in [0.15, 0.2) is 58.6 Å². The fourth-order valence-corrected chi connectivity index (χ4v) is 6.15. The largest absolute Gasteiger partial charge is 2.00 e. The second kappa shape index (κ2) is 10.2. The first kappa shape index (κ1) is 31.6. The predicted octanol–water partition coefficient (Wildman–Crippen LogP) is 6.98. The van der Waals surface area contributed by atoms with E-state index in [-0.39, 0.29) is 57.6 Å². The Bertz CT molecular complexity index is 1320. The van der Waals surface area contributed by atoms with Crippen LogP contribution in [0.4, 0.5) is 0 Å². The molecule has 8 bridgehead atoms. The number of halogens is 2. The summed E-state index contributed by atoms with van der Waals surface area (Å²) < 4.78 is 0. The Morgan fingerprint density at radius 1 is 0.692 bits per heavy atom. The number of aromatic nitrogens is 2. The van der Waals surface area contributed by atoms with Crippen molar-refractivity contribution < 1.29 is 19.5 Å². The Morgan fingerprint density at radius 2 is 0.974 bits per heavy atom. The first-order chi connectivity index (χ1) is 17.6. The van der Waals surface area contributed by atoms with Crippen LogP contribution in [0.1, 0.15) is 85.1 Å². The molecule has 0 amide bonds. The number of hydrogen-bond donors (Lipinski definition) is 0. The second-order valence-electron chi connectivity index (χ2n) is 12.4. The van der Waals surface area contributed by atoms with Crippen molar-refractivity contribution in [2.24, 2.45) is 15.4 Å². The first-order valence-corrected chi connectivity index (χ1v) is 14.0. The normalized spacial score (nSPS) is 28.4. The maximum Gasteiger partial charge on any atom is 2.00 e. The van der Waals surface area contributed by atoms with E-state index in [1.54, 1.807) is 6.07 Å². The average Bonchev–Trinajstić information content (AvgIpc) is 3.57. The van der Waals surface area contributed by atoms with Gasteiger partial charge in [-0.15, -0.1) is 34.6 Å². The Morgan fingerprint density at radius 3 is 1.28 bits per heavy atom. The van der Waals surface area contributed by atoms with Gasteiger partial charge >= 0.3 is 19.5 Å². The Balaban J connectivity index is 0.000000553. The maximum absolute atomic E-state index is 7.32. The second-order valence-corrected chi connectivity index (χ2v) is 13.3. The SMILES string of the molecule is CC#N.CC1(C)C2=N[C@@]3(C=C2)C(C)(C)[C@]32C=CC(=N2)C(C)(C)c2ccc([n-]2)C(C)(C)c2ccc1[n-]2.ClCCl.[Zn+2]. The van der Waals surface area contributed by atoms with Crippen LogP contribution in [0.5, 0.6) is 0 Å². The molecule has 0 saturated heterocycles. The minimum Gasteiger partial charge on any atom is -0.663 e. The zero-order valence-electron chi connectivity index (χ0n) is 24.5. The zero-order valence-corrected chi connectivity index (χ0v) is 29.0. The number of aliphatic imine (C=N–C) groups is 2. The number of hydrogen-bond acceptors (Lipinski definition) is 3. The maximum atomic E-state index is 7.32. The van der Waals surface area contributed by atoms with Crippen molar-refractivity contribution in [3.05, 3.63) is 71.3 Å². The molecule has 0 unspecified atom stereocenters. The molecular formula is C31H37Cl2N5Zn. The third-order valence-corrected chi connectivity index (χ3v) is 9.10. The van der Waals surface area contributed by atoms with Crippen LogP contribution in [-0.2, 0) is 35.7 Å². The molecule has 2 aromatic heterocycles. The number of nitriles is 1. The van der Waals surface area contributed by atoms with Crippen LogP contribution < -0.4 is 9.97 Å². The van der Waals surface area contributed by atoms with Crippen molar-refractivity contribution in [1.82, 2.24) is 9.97 Å². The van der Waals surface area contributed by atoms with Gasteiger partial charge in [-0.05, 0) is 17.6 Å². The van der Waals surface area contributed by atoms with Gasteiger partial charge in [-0.1, -0.05) is 91.8 Å². The molecule has 4 aliphatic rings. The van der Waals surface area contributed by atoms with Gasteiger partial charge in [0, 0.05) is 34.6 Å². The van der Waals surface area contributed by atoms with Crippen molar-refractivity contribution in [2.45, 2.75) is 89.6 Å². The molecule has 6 rings (SSSR count). The summed E-state index contributed by atoms with van der Waals surface area (Å²) in [7, 11) is 0. The van der Waals surface area contributed by atoms with Gasteiger partial charge in [0.2, 0.25) is 0 Å². The Labute approximate surface area is 256 Å². The number of rotatable bonds is 0. The first-order valence-electron chi connectivity index (χ1n) is 12.9. The molecule has 1 aliphatic carbocycles. The monoisotopic (exact) mass is 613 g/mol. The van der Waals surface area contributed by atoms with Crippen molar-refractivity contribution in [3.63, 3.8) is 0 Å². The van der Waals surface area contributed by atoms with Crippen LogP contribution in [0.25, 0.3) is 0 Å². The summed E-state index contributed by atoms with van der Waals surface area (Å²) in [6, 6.07) is 10.4. The van der Waals surface area contributed by atoms with Crippen LogP contribution in [0, 0.1) is 16.7 Å². The summed E-state index contributed by atoms with van der Waals surface area (Å²) in [5.41, 5.74) is 4.79. The number of allylic oxidation sites excluding steroid dienone is 2. The van der Waals surface area contributed by atoms with Gasteiger partial charge in [0.1, 0.15) is 11.1 Å². The molecule has 1 fully saturated rings. The van der Waals surface area contributed by atoms with Gasteiger partial charge < -0.3 is 9.97 Å². The fourth-order valence-electron chi connectivity index (χ4n) is 6.15. The van der Waals surface area contributed by atoms with Crippen molar-refractivity contribution >= 4 is 34.6 Å². The molecule has 2 aromatic rings. The van der Waals surface area contributed by atoms with E-state index in [9.17, 15) is 0 Å². The van der Waals surface area contributed by atoms with Gasteiger partial charge in [0.15, 0.2) is 0 Å². The van der Waals surface area contributed by atoms with Gasteiger partial charge in [-0.25, -0.2) is 0 Å². The zero-order chi connectivity index (χ0) is 28.4. The summed E-state index contributed by atoms with van der Waals surface area (Å²) in [5, 5.41) is 7.51. The standard InChI is InChI=1S/C28H32N4.C2H3N.CH2Cl2.Zn/c1-23(2)17-9-11-19(29-17)24(3,4)21-13-15-27(31-21)26(7,8)28(27)16-14-22(32-28)25(5,6)20-12-10-18(23)30-20;1-2-3;2-1-3;/h9-16H,1-8H3;1H3;1H2;/q-2;;;+2/t27-,28+;;;. The van der Waals surface area contributed by atoms with Crippen molar-refractivity contribution in [1.29, 1.82) is 5.26 Å². The Kier molecular flexibility index (Phi) is 8.24. The smallest absolute Gasteiger partial charge is 0.663 e. The van der Waals surface area contributed by atoms with Gasteiger partial charge in [-0.3, -0.25) is 9.98 Å². The third kappa shape index (κ3) is 4.27. The van der Waals surface area contributed by atoms with E-state index in [4.69, 9.17) is 48.4 Å². The van der Waals surface area contributed by atoms with Crippen molar-refractivity contribution in [3.8, 4) is 6.07 Å². The van der Waals surface area contributed by atoms with Crippen LogP contribution in [-0.4, -0.2) is 27.8 Å². The molecule has 3 aliphatic heterocycles. The van der Waals surface area contributed by atoms with Crippen molar-refractivity contribution in [2.75, 3.05) is 5.34 Å². The summed E-state index contributed by atoms with van der Waals surface area (Å²) >= 11 is 9.53. The Hall–Kier alpha value is -1.93. The molecule has 39 heavy (non-hydrogen) atoms. The topological polar surface area (TPSA) is 76.7 Å². The summed E-state index contributed by atoms with van der Waals surface area (Å²) in [5.74, 6) is 0. The minimum absolute atomic E-state index is 0. The predicted molar refractivity (Wildman–Crippen MR) is 158 cm³/mol. The van der Waals surface area contributed by atoms with Gasteiger partial charge in [0.05, 0.1) is 11.4 Å². The molecule has 0 radical (unpaired) electrons. The van der Waals surface area contributed by atoms with Gasteiger partial charge in [-0.2, -0.15) is 16.6 Å². The molecule has 8 heteroatoms. The molecule has 5 nitrogen and oxygen atoms in total. The van der Waals surface area contributed by atoms with Gasteiger partial charge in [0.25, 0.3) is 0 Å². The molecule has 202 valence electrons. The average molecular weight is 616 g/mol. The van der Waals surface area contributed by atoms with E-state index in [0.29, 0.717) is 0 Å². The molecule has 2 atom stereocenters. The fraction of sp³-hybridized carbons (Fsp3) is 0.516. The number of alkyl halides is 2. The summed E-state index contributed by atoms with van der Waals surface area (Å²) in [6.45, 7) is 19.4. The molecule has 5 heterocycles. The van der Waals surface area contributed by atoms with E-state index in [0.717, 1.165) is 34.2 Å². The molecule has 0 N–H and O–H groups in total. The quantitative estimate of drug-likeness (QED) is 0.237. The number of nitrogens with zero attached hydrogens (tertiary/aromatic N) is 5. The van der Waals surface area contributed by atoms with E-state index in [1.165, 1.54) is 6.92 Å². The van der Waals surface area contributed by atoms with E-state index in [1.807, 2.05) is 0 Å². The summed E-state index contributed by atoms with van der Waals surface area (Å²) in [6.07, 6.45) is 9.04. The van der Waals surface area contributed by atoms with E-state index >= 15 is 0 Å². The van der Waals surface area contributed by atoms with E-state index in [2.05, 4.69) is 104 Å². The van der Waals surface area contributed by atoms with Crippen LogP contribution in [0.2, 0.25) is 0 Å². The molecule has 0 aromatic carbocycles. The van der Waals surface area contributed by atoms with Crippen LogP contribution >= 0.6 is 23.2 Å². The molecule has 2 spiro atoms. The third-order valence-electron chi connectivity index (χ3n) is 9.10.